The summed E-state index contributed by atoms with van der Waals surface area (Å²) >= 11 is 0. The van der Waals surface area contributed by atoms with Crippen molar-refractivity contribution in [2.24, 2.45) is 0 Å². The Balaban J connectivity index is 1.75. The van der Waals surface area contributed by atoms with Gasteiger partial charge >= 0.3 is 0 Å². The van der Waals surface area contributed by atoms with E-state index in [4.69, 9.17) is 0 Å². The number of carbonyl (C=O) groups is 2. The van der Waals surface area contributed by atoms with Crippen molar-refractivity contribution >= 4 is 23.2 Å². The van der Waals surface area contributed by atoms with Crippen LogP contribution in [0.4, 0.5) is 15.8 Å². The third kappa shape index (κ3) is 4.08. The van der Waals surface area contributed by atoms with E-state index in [2.05, 4.69) is 5.32 Å². The highest BCUT2D eigenvalue weighted by Gasteiger charge is 2.29. The quantitative estimate of drug-likeness (QED) is 0.917. The maximum absolute atomic E-state index is 13.0. The molecule has 1 aliphatic rings. The van der Waals surface area contributed by atoms with Crippen molar-refractivity contribution in [2.45, 2.75) is 25.9 Å². The summed E-state index contributed by atoms with van der Waals surface area (Å²) in [6.07, 6.45) is 0.252. The molecule has 0 aliphatic carbocycles. The largest absolute Gasteiger partial charge is 0.324 e. The topological polar surface area (TPSA) is 52.7 Å². The zero-order chi connectivity index (χ0) is 18.7. The number of rotatable bonds is 4. The van der Waals surface area contributed by atoms with Crippen LogP contribution in [0.3, 0.4) is 0 Å². The first-order chi connectivity index (χ1) is 12.4. The van der Waals surface area contributed by atoms with Crippen LogP contribution in [0.25, 0.3) is 0 Å². The number of anilines is 2. The fraction of sp³-hybridized carbons (Fsp3) is 0.300. The van der Waals surface area contributed by atoms with E-state index in [0.29, 0.717) is 17.9 Å². The lowest BCUT2D eigenvalue weighted by molar-refractivity contribution is -0.120. The molecule has 1 aliphatic heterocycles. The molecule has 5 nitrogen and oxygen atoms in total. The summed E-state index contributed by atoms with van der Waals surface area (Å²) in [5, 5.41) is 2.85. The predicted octanol–water partition coefficient (Wildman–Crippen LogP) is 3.02. The zero-order valence-electron chi connectivity index (χ0n) is 14.9. The monoisotopic (exact) mass is 355 g/mol. The standard InChI is InChI=1S/C20H22FN3O2/c1-14-11-19(25)22-17-5-3-4-6-18(17)24(14)20(26)13-23(2)12-15-7-9-16(21)10-8-15/h3-10,14H,11-13H2,1-2H3,(H,22,25)/t14-/m0/s1. The molecule has 0 unspecified atom stereocenters. The Bertz CT molecular complexity index is 807. The minimum absolute atomic E-state index is 0.0777. The van der Waals surface area contributed by atoms with E-state index in [1.54, 1.807) is 23.1 Å². The molecular formula is C20H22FN3O2. The van der Waals surface area contributed by atoms with Crippen molar-refractivity contribution in [3.05, 3.63) is 59.9 Å². The van der Waals surface area contributed by atoms with E-state index in [0.717, 1.165) is 5.56 Å². The number of hydrogen-bond acceptors (Lipinski definition) is 3. The molecule has 2 aromatic carbocycles. The van der Waals surface area contributed by atoms with Crippen molar-refractivity contribution in [2.75, 3.05) is 23.8 Å². The lowest BCUT2D eigenvalue weighted by Crippen LogP contribution is -2.44. The number of fused-ring (bicyclic) bond motifs is 1. The van der Waals surface area contributed by atoms with Crippen LogP contribution in [0.2, 0.25) is 0 Å². The fourth-order valence-corrected chi connectivity index (χ4v) is 3.23. The Kier molecular flexibility index (Phi) is 5.32. The van der Waals surface area contributed by atoms with Gasteiger partial charge in [0.05, 0.1) is 17.9 Å². The summed E-state index contributed by atoms with van der Waals surface area (Å²) < 4.78 is 13.0. The van der Waals surface area contributed by atoms with Gasteiger partial charge in [-0.25, -0.2) is 4.39 Å². The van der Waals surface area contributed by atoms with Gasteiger partial charge in [0.2, 0.25) is 11.8 Å². The first-order valence-corrected chi connectivity index (χ1v) is 8.58. The Hall–Kier alpha value is -2.73. The summed E-state index contributed by atoms with van der Waals surface area (Å²) in [5.41, 5.74) is 2.30. The summed E-state index contributed by atoms with van der Waals surface area (Å²) in [6, 6.07) is 13.3. The molecule has 3 rings (SSSR count). The van der Waals surface area contributed by atoms with E-state index in [1.807, 2.05) is 37.1 Å². The molecule has 0 saturated carbocycles. The number of nitrogens with one attached hydrogen (secondary N) is 1. The van der Waals surface area contributed by atoms with E-state index in [9.17, 15) is 14.0 Å². The lowest BCUT2D eigenvalue weighted by Gasteiger charge is -2.29. The fourth-order valence-electron chi connectivity index (χ4n) is 3.23. The van der Waals surface area contributed by atoms with Crippen LogP contribution in [-0.2, 0) is 16.1 Å². The maximum atomic E-state index is 13.0. The minimum atomic E-state index is -0.278. The highest BCUT2D eigenvalue weighted by Crippen LogP contribution is 2.31. The summed E-state index contributed by atoms with van der Waals surface area (Å²) in [7, 11) is 1.85. The Morgan fingerprint density at radius 3 is 2.65 bits per heavy atom. The van der Waals surface area contributed by atoms with Gasteiger partial charge in [-0.1, -0.05) is 24.3 Å². The smallest absolute Gasteiger partial charge is 0.241 e. The van der Waals surface area contributed by atoms with E-state index in [1.165, 1.54) is 12.1 Å². The van der Waals surface area contributed by atoms with Crippen LogP contribution in [0.5, 0.6) is 0 Å². The first-order valence-electron chi connectivity index (χ1n) is 8.58. The highest BCUT2D eigenvalue weighted by molar-refractivity contribution is 6.04. The number of nitrogens with zero attached hydrogens (tertiary/aromatic N) is 2. The van der Waals surface area contributed by atoms with Crippen LogP contribution in [-0.4, -0.2) is 36.3 Å². The number of para-hydroxylation sites is 2. The van der Waals surface area contributed by atoms with Gasteiger partial charge in [-0.15, -0.1) is 0 Å². The number of benzene rings is 2. The van der Waals surface area contributed by atoms with Crippen molar-refractivity contribution in [1.82, 2.24) is 4.90 Å². The average molecular weight is 355 g/mol. The molecular weight excluding hydrogens is 333 g/mol. The molecule has 0 saturated heterocycles. The number of halogens is 1. The van der Waals surface area contributed by atoms with Crippen LogP contribution < -0.4 is 10.2 Å². The molecule has 2 amide bonds. The van der Waals surface area contributed by atoms with E-state index >= 15 is 0 Å². The van der Waals surface area contributed by atoms with Gasteiger partial charge in [0, 0.05) is 19.0 Å². The van der Waals surface area contributed by atoms with Crippen molar-refractivity contribution in [1.29, 1.82) is 0 Å². The van der Waals surface area contributed by atoms with Gasteiger partial charge < -0.3 is 10.2 Å². The summed E-state index contributed by atoms with van der Waals surface area (Å²) in [6.45, 7) is 2.61. The van der Waals surface area contributed by atoms with Crippen molar-refractivity contribution in [3.63, 3.8) is 0 Å². The van der Waals surface area contributed by atoms with Gasteiger partial charge in [0.25, 0.3) is 0 Å². The van der Waals surface area contributed by atoms with Crippen LogP contribution in [0.1, 0.15) is 18.9 Å². The predicted molar refractivity (Wildman–Crippen MR) is 99.4 cm³/mol. The van der Waals surface area contributed by atoms with E-state index in [-0.39, 0.29) is 36.6 Å². The molecule has 2 aromatic rings. The molecule has 1 N–H and O–H groups in total. The molecule has 1 atom stereocenters. The molecule has 0 aromatic heterocycles. The Morgan fingerprint density at radius 2 is 1.92 bits per heavy atom. The van der Waals surface area contributed by atoms with Crippen LogP contribution in [0.15, 0.2) is 48.5 Å². The zero-order valence-corrected chi connectivity index (χ0v) is 14.9. The molecule has 26 heavy (non-hydrogen) atoms. The highest BCUT2D eigenvalue weighted by atomic mass is 19.1. The molecule has 0 fully saturated rings. The molecule has 0 spiro atoms. The van der Waals surface area contributed by atoms with Crippen LogP contribution >= 0.6 is 0 Å². The number of amides is 2. The minimum Gasteiger partial charge on any atom is -0.324 e. The summed E-state index contributed by atoms with van der Waals surface area (Å²) in [5.74, 6) is -0.453. The molecule has 1 heterocycles. The lowest BCUT2D eigenvalue weighted by atomic mass is 10.1. The first kappa shape index (κ1) is 18.1. The van der Waals surface area contributed by atoms with Crippen LogP contribution in [0, 0.1) is 5.82 Å². The van der Waals surface area contributed by atoms with Gasteiger partial charge in [-0.3, -0.25) is 14.5 Å². The third-order valence-corrected chi connectivity index (χ3v) is 4.40. The number of likely N-dealkylation sites (N-methyl/N-ethyl adjacent to an activating group) is 1. The normalized spacial score (nSPS) is 16.8. The second-order valence-electron chi connectivity index (χ2n) is 6.68. The van der Waals surface area contributed by atoms with Gasteiger partial charge in [0.1, 0.15) is 5.82 Å². The molecule has 0 bridgehead atoms. The molecule has 6 heteroatoms. The van der Waals surface area contributed by atoms with Gasteiger partial charge in [-0.05, 0) is 43.8 Å². The van der Waals surface area contributed by atoms with Crippen molar-refractivity contribution in [3.8, 4) is 0 Å². The molecule has 0 radical (unpaired) electrons. The molecule has 136 valence electrons. The average Bonchev–Trinajstić information content (AvgIpc) is 2.71. The van der Waals surface area contributed by atoms with Crippen molar-refractivity contribution < 1.29 is 14.0 Å². The third-order valence-electron chi connectivity index (χ3n) is 4.40. The SMILES string of the molecule is C[C@H]1CC(=O)Nc2ccccc2N1C(=O)CN(C)Cc1ccc(F)cc1. The summed E-state index contributed by atoms with van der Waals surface area (Å²) in [4.78, 5) is 28.6. The Morgan fingerprint density at radius 1 is 1.23 bits per heavy atom. The van der Waals surface area contributed by atoms with Gasteiger partial charge in [-0.2, -0.15) is 0 Å². The number of carbonyl (C=O) groups excluding carboxylic acids is 2. The van der Waals surface area contributed by atoms with Gasteiger partial charge in [0.15, 0.2) is 0 Å². The second kappa shape index (κ2) is 7.66. The number of hydrogen-bond donors (Lipinski definition) is 1. The Labute approximate surface area is 152 Å². The van der Waals surface area contributed by atoms with E-state index < -0.39 is 0 Å². The second-order valence-corrected chi connectivity index (χ2v) is 6.68. The maximum Gasteiger partial charge on any atom is 0.241 e.